The van der Waals surface area contributed by atoms with E-state index in [0.29, 0.717) is 29.6 Å². The molecule has 8 heteroatoms. The van der Waals surface area contributed by atoms with Crippen LogP contribution in [-0.2, 0) is 13.2 Å². The van der Waals surface area contributed by atoms with Crippen LogP contribution >= 0.6 is 0 Å². The number of nitrogens with one attached hydrogen (secondary N) is 2. The molecule has 3 aromatic carbocycles. The third-order valence-corrected chi connectivity index (χ3v) is 5.11. The zero-order valence-corrected chi connectivity index (χ0v) is 18.3. The van der Waals surface area contributed by atoms with Crippen molar-refractivity contribution in [2.75, 3.05) is 29.6 Å². The van der Waals surface area contributed by atoms with Gasteiger partial charge in [0.1, 0.15) is 11.6 Å². The van der Waals surface area contributed by atoms with Crippen molar-refractivity contribution in [1.82, 2.24) is 9.97 Å². The van der Waals surface area contributed by atoms with Crippen LogP contribution in [0.15, 0.2) is 66.7 Å². The number of amides is 1. The average molecular weight is 445 g/mol. The fraction of sp³-hybridized carbons (Fsp3) is 0.160. The first-order chi connectivity index (χ1) is 15.9. The van der Waals surface area contributed by atoms with Crippen molar-refractivity contribution in [3.63, 3.8) is 0 Å². The first kappa shape index (κ1) is 22.2. The highest BCUT2D eigenvalue weighted by atomic mass is 19.1. The molecule has 0 atom stereocenters. The van der Waals surface area contributed by atoms with Gasteiger partial charge in [-0.2, -0.15) is 4.98 Å². The number of anilines is 3. The predicted octanol–water partition coefficient (Wildman–Crippen LogP) is 4.19. The highest BCUT2D eigenvalue weighted by molar-refractivity contribution is 6.04. The fourth-order valence-corrected chi connectivity index (χ4v) is 3.29. The lowest BCUT2D eigenvalue weighted by atomic mass is 10.1. The van der Waals surface area contributed by atoms with Crippen LogP contribution in [0.2, 0.25) is 0 Å². The van der Waals surface area contributed by atoms with Crippen LogP contribution in [0.3, 0.4) is 0 Å². The standard InChI is InChI=1S/C25H24FN5O2/c1-31(2)25-29-22-12-5-17(15-32)13-21(22)23(30-25)27-14-16-3-10-20(11-4-16)28-24(33)18-6-8-19(26)9-7-18/h3-13,32H,14-15H2,1-2H3,(H,28,33)(H,27,29,30). The van der Waals surface area contributed by atoms with Crippen molar-refractivity contribution < 1.29 is 14.3 Å². The Morgan fingerprint density at radius 3 is 2.33 bits per heavy atom. The van der Waals surface area contributed by atoms with Crippen molar-refractivity contribution in [2.45, 2.75) is 13.2 Å². The third-order valence-electron chi connectivity index (χ3n) is 5.11. The van der Waals surface area contributed by atoms with E-state index in [1.165, 1.54) is 24.3 Å². The molecule has 0 saturated heterocycles. The van der Waals surface area contributed by atoms with Gasteiger partial charge in [-0.3, -0.25) is 4.79 Å². The second-order valence-electron chi connectivity index (χ2n) is 7.79. The number of hydrogen-bond acceptors (Lipinski definition) is 6. The molecule has 3 N–H and O–H groups in total. The lowest BCUT2D eigenvalue weighted by Crippen LogP contribution is -2.14. The van der Waals surface area contributed by atoms with Crippen LogP contribution in [0, 0.1) is 5.82 Å². The van der Waals surface area contributed by atoms with Crippen molar-refractivity contribution in [2.24, 2.45) is 0 Å². The molecular weight excluding hydrogens is 421 g/mol. The van der Waals surface area contributed by atoms with Crippen LogP contribution in [0.1, 0.15) is 21.5 Å². The SMILES string of the molecule is CN(C)c1nc(NCc2ccc(NC(=O)c3ccc(F)cc3)cc2)c2cc(CO)ccc2n1. The van der Waals surface area contributed by atoms with Gasteiger partial charge in [-0.15, -0.1) is 0 Å². The number of hydrogen-bond donors (Lipinski definition) is 3. The largest absolute Gasteiger partial charge is 0.392 e. The molecule has 168 valence electrons. The summed E-state index contributed by atoms with van der Waals surface area (Å²) < 4.78 is 13.0. The Balaban J connectivity index is 1.48. The Kier molecular flexibility index (Phi) is 6.46. The molecule has 0 aliphatic carbocycles. The van der Waals surface area contributed by atoms with E-state index in [1.807, 2.05) is 61.5 Å². The highest BCUT2D eigenvalue weighted by Gasteiger charge is 2.11. The Morgan fingerprint density at radius 2 is 1.67 bits per heavy atom. The maximum atomic E-state index is 13.0. The molecule has 0 aliphatic heterocycles. The number of benzene rings is 3. The number of aliphatic hydroxyl groups is 1. The van der Waals surface area contributed by atoms with E-state index < -0.39 is 0 Å². The third kappa shape index (κ3) is 5.24. The number of carbonyl (C=O) groups excluding carboxylic acids is 1. The Labute approximate surface area is 190 Å². The number of halogens is 1. The Hall–Kier alpha value is -4.04. The van der Waals surface area contributed by atoms with Crippen LogP contribution in [-0.4, -0.2) is 35.1 Å². The van der Waals surface area contributed by atoms with Gasteiger partial charge >= 0.3 is 0 Å². The number of fused-ring (bicyclic) bond motifs is 1. The van der Waals surface area contributed by atoms with E-state index >= 15 is 0 Å². The lowest BCUT2D eigenvalue weighted by Gasteiger charge is -2.15. The first-order valence-corrected chi connectivity index (χ1v) is 10.4. The average Bonchev–Trinajstić information content (AvgIpc) is 2.83. The van der Waals surface area contributed by atoms with Crippen LogP contribution < -0.4 is 15.5 Å². The van der Waals surface area contributed by atoms with E-state index in [1.54, 1.807) is 0 Å². The molecule has 1 amide bonds. The molecule has 4 aromatic rings. The summed E-state index contributed by atoms with van der Waals surface area (Å²) in [4.78, 5) is 23.3. The summed E-state index contributed by atoms with van der Waals surface area (Å²) in [6, 6.07) is 18.4. The molecule has 1 heterocycles. The second kappa shape index (κ2) is 9.62. The van der Waals surface area contributed by atoms with Gasteiger partial charge < -0.3 is 20.6 Å². The molecule has 0 aliphatic rings. The van der Waals surface area contributed by atoms with Crippen LogP contribution in [0.25, 0.3) is 10.9 Å². The molecule has 1 aromatic heterocycles. The predicted molar refractivity (Wildman–Crippen MR) is 128 cm³/mol. The van der Waals surface area contributed by atoms with Gasteiger partial charge in [0.2, 0.25) is 5.95 Å². The summed E-state index contributed by atoms with van der Waals surface area (Å²) in [6.45, 7) is 0.449. The summed E-state index contributed by atoms with van der Waals surface area (Å²) in [5.74, 6) is 0.572. The molecule has 4 rings (SSSR count). The molecule has 0 saturated carbocycles. The number of aromatic nitrogens is 2. The maximum absolute atomic E-state index is 13.0. The van der Waals surface area contributed by atoms with Crippen molar-refractivity contribution in [3.8, 4) is 0 Å². The van der Waals surface area contributed by atoms with Gasteiger partial charge in [0.05, 0.1) is 12.1 Å². The molecule has 0 spiro atoms. The quantitative estimate of drug-likeness (QED) is 0.395. The van der Waals surface area contributed by atoms with Crippen molar-refractivity contribution >= 4 is 34.3 Å². The molecule has 0 radical (unpaired) electrons. The van der Waals surface area contributed by atoms with E-state index in [2.05, 4.69) is 20.6 Å². The van der Waals surface area contributed by atoms with Crippen molar-refractivity contribution in [1.29, 1.82) is 0 Å². The summed E-state index contributed by atoms with van der Waals surface area (Å²) >= 11 is 0. The number of aliphatic hydroxyl groups excluding tert-OH is 1. The lowest BCUT2D eigenvalue weighted by molar-refractivity contribution is 0.102. The molecular formula is C25H24FN5O2. The summed E-state index contributed by atoms with van der Waals surface area (Å²) in [7, 11) is 3.76. The van der Waals surface area contributed by atoms with Gasteiger partial charge in [-0.05, 0) is 59.7 Å². The van der Waals surface area contributed by atoms with E-state index in [-0.39, 0.29) is 18.3 Å². The van der Waals surface area contributed by atoms with Crippen LogP contribution in [0.5, 0.6) is 0 Å². The van der Waals surface area contributed by atoms with Gasteiger partial charge in [0, 0.05) is 37.3 Å². The fourth-order valence-electron chi connectivity index (χ4n) is 3.29. The number of carbonyl (C=O) groups is 1. The minimum absolute atomic E-state index is 0.0596. The van der Waals surface area contributed by atoms with Gasteiger partial charge in [0.15, 0.2) is 0 Å². The van der Waals surface area contributed by atoms with Crippen molar-refractivity contribution in [3.05, 3.63) is 89.2 Å². The maximum Gasteiger partial charge on any atom is 0.255 e. The molecule has 33 heavy (non-hydrogen) atoms. The minimum atomic E-state index is -0.384. The van der Waals surface area contributed by atoms with E-state index in [4.69, 9.17) is 0 Å². The topological polar surface area (TPSA) is 90.4 Å². The minimum Gasteiger partial charge on any atom is -0.392 e. The summed E-state index contributed by atoms with van der Waals surface area (Å²) in [6.07, 6.45) is 0. The molecule has 0 fully saturated rings. The second-order valence-corrected chi connectivity index (χ2v) is 7.79. The zero-order valence-electron chi connectivity index (χ0n) is 18.3. The smallest absolute Gasteiger partial charge is 0.255 e. The van der Waals surface area contributed by atoms with Gasteiger partial charge in [-0.1, -0.05) is 18.2 Å². The number of rotatable bonds is 7. The summed E-state index contributed by atoms with van der Waals surface area (Å²) in [5.41, 5.74) is 3.59. The normalized spacial score (nSPS) is 10.8. The van der Waals surface area contributed by atoms with Gasteiger partial charge in [-0.25, -0.2) is 9.37 Å². The zero-order chi connectivity index (χ0) is 23.4. The highest BCUT2D eigenvalue weighted by Crippen LogP contribution is 2.25. The van der Waals surface area contributed by atoms with E-state index in [9.17, 15) is 14.3 Å². The molecule has 7 nitrogen and oxygen atoms in total. The Bertz CT molecular complexity index is 1270. The molecule has 0 bridgehead atoms. The van der Waals surface area contributed by atoms with Crippen LogP contribution in [0.4, 0.5) is 21.8 Å². The Morgan fingerprint density at radius 1 is 0.970 bits per heavy atom. The van der Waals surface area contributed by atoms with E-state index in [0.717, 1.165) is 22.0 Å². The first-order valence-electron chi connectivity index (χ1n) is 10.4. The molecule has 0 unspecified atom stereocenters. The van der Waals surface area contributed by atoms with Gasteiger partial charge in [0.25, 0.3) is 5.91 Å². The number of nitrogens with zero attached hydrogens (tertiary/aromatic N) is 3. The summed E-state index contributed by atoms with van der Waals surface area (Å²) in [5, 5.41) is 16.5. The monoisotopic (exact) mass is 445 g/mol.